The monoisotopic (exact) mass is 256 g/mol. The number of ether oxygens (including phenoxy) is 1. The largest absolute Gasteiger partial charge is 0.495 e. The van der Waals surface area contributed by atoms with Gasteiger partial charge in [0.2, 0.25) is 0 Å². The van der Waals surface area contributed by atoms with E-state index in [0.29, 0.717) is 11.4 Å². The first-order valence-electron chi connectivity index (χ1n) is 6.30. The third-order valence-electron chi connectivity index (χ3n) is 3.16. The number of benzene rings is 2. The lowest BCUT2D eigenvalue weighted by atomic mass is 10.1. The summed E-state index contributed by atoms with van der Waals surface area (Å²) in [6.45, 7) is 2.96. The Morgan fingerprint density at radius 2 is 1.95 bits per heavy atom. The van der Waals surface area contributed by atoms with Gasteiger partial charge >= 0.3 is 0 Å². The van der Waals surface area contributed by atoms with Gasteiger partial charge in [0.1, 0.15) is 5.75 Å². The molecule has 2 rings (SSSR count). The zero-order valence-corrected chi connectivity index (χ0v) is 11.7. The summed E-state index contributed by atoms with van der Waals surface area (Å²) in [5, 5.41) is 0. The molecule has 0 heterocycles. The maximum Gasteiger partial charge on any atom is 0.143 e. The van der Waals surface area contributed by atoms with Gasteiger partial charge < -0.3 is 15.4 Å². The van der Waals surface area contributed by atoms with Gasteiger partial charge in [-0.1, -0.05) is 29.8 Å². The Hall–Kier alpha value is -2.16. The van der Waals surface area contributed by atoms with Crippen LogP contribution in [0.1, 0.15) is 11.1 Å². The van der Waals surface area contributed by atoms with Crippen molar-refractivity contribution in [1.29, 1.82) is 0 Å². The van der Waals surface area contributed by atoms with Gasteiger partial charge in [-0.15, -0.1) is 0 Å². The van der Waals surface area contributed by atoms with E-state index in [2.05, 4.69) is 43.1 Å². The Morgan fingerprint density at radius 3 is 2.63 bits per heavy atom. The summed E-state index contributed by atoms with van der Waals surface area (Å²) in [6, 6.07) is 14.4. The highest BCUT2D eigenvalue weighted by molar-refractivity contribution is 5.62. The number of anilines is 2. The van der Waals surface area contributed by atoms with Crippen molar-refractivity contribution in [3.63, 3.8) is 0 Å². The topological polar surface area (TPSA) is 38.5 Å². The second kappa shape index (κ2) is 5.65. The van der Waals surface area contributed by atoms with E-state index in [-0.39, 0.29) is 0 Å². The first-order valence-corrected chi connectivity index (χ1v) is 6.30. The molecule has 100 valence electrons. The average molecular weight is 256 g/mol. The van der Waals surface area contributed by atoms with E-state index >= 15 is 0 Å². The number of nitrogens with zero attached hydrogens (tertiary/aromatic N) is 1. The molecule has 2 aromatic rings. The van der Waals surface area contributed by atoms with Crippen LogP contribution >= 0.6 is 0 Å². The molecule has 3 nitrogen and oxygen atoms in total. The van der Waals surface area contributed by atoms with Crippen molar-refractivity contribution in [3.8, 4) is 5.75 Å². The van der Waals surface area contributed by atoms with Crippen LogP contribution in [-0.2, 0) is 6.54 Å². The molecule has 3 heteroatoms. The second-order valence-corrected chi connectivity index (χ2v) is 4.77. The van der Waals surface area contributed by atoms with Crippen molar-refractivity contribution in [2.45, 2.75) is 13.5 Å². The number of hydrogen-bond acceptors (Lipinski definition) is 3. The van der Waals surface area contributed by atoms with Crippen molar-refractivity contribution in [3.05, 3.63) is 53.6 Å². The van der Waals surface area contributed by atoms with E-state index in [9.17, 15) is 0 Å². The van der Waals surface area contributed by atoms with E-state index in [4.69, 9.17) is 10.5 Å². The predicted octanol–water partition coefficient (Wildman–Crippen LogP) is 3.22. The molecule has 19 heavy (non-hydrogen) atoms. The number of rotatable bonds is 4. The van der Waals surface area contributed by atoms with Gasteiger partial charge in [-0.05, 0) is 24.6 Å². The number of aryl methyl sites for hydroxylation is 1. The van der Waals surface area contributed by atoms with Crippen molar-refractivity contribution in [2.75, 3.05) is 24.8 Å². The molecule has 0 radical (unpaired) electrons. The number of methoxy groups -OCH3 is 1. The van der Waals surface area contributed by atoms with Crippen LogP contribution in [0.15, 0.2) is 42.5 Å². The van der Waals surface area contributed by atoms with E-state index in [0.717, 1.165) is 12.2 Å². The average Bonchev–Trinajstić information content (AvgIpc) is 2.39. The summed E-state index contributed by atoms with van der Waals surface area (Å²) in [7, 11) is 3.70. The third kappa shape index (κ3) is 3.19. The van der Waals surface area contributed by atoms with Crippen molar-refractivity contribution in [2.24, 2.45) is 0 Å². The molecule has 0 unspecified atom stereocenters. The Kier molecular flexibility index (Phi) is 3.95. The highest BCUT2D eigenvalue weighted by atomic mass is 16.5. The van der Waals surface area contributed by atoms with Gasteiger partial charge in [-0.25, -0.2) is 0 Å². The number of hydrogen-bond donors (Lipinski definition) is 1. The van der Waals surface area contributed by atoms with Crippen LogP contribution in [0.5, 0.6) is 5.75 Å². The van der Waals surface area contributed by atoms with Crippen LogP contribution in [0.25, 0.3) is 0 Å². The predicted molar refractivity (Wildman–Crippen MR) is 80.7 cm³/mol. The standard InChI is InChI=1S/C16H20N2O/c1-12-5-4-6-13(9-12)11-18(2)14-7-8-15(17)16(10-14)19-3/h4-10H,11,17H2,1-3H3. The van der Waals surface area contributed by atoms with Gasteiger partial charge in [0.15, 0.2) is 0 Å². The Morgan fingerprint density at radius 1 is 1.16 bits per heavy atom. The fraction of sp³-hybridized carbons (Fsp3) is 0.250. The molecule has 0 aliphatic rings. The number of nitrogen functional groups attached to an aromatic ring is 1. The minimum Gasteiger partial charge on any atom is -0.495 e. The maximum absolute atomic E-state index is 5.83. The van der Waals surface area contributed by atoms with Crippen LogP contribution in [0.3, 0.4) is 0 Å². The number of nitrogens with two attached hydrogens (primary N) is 1. The summed E-state index contributed by atoms with van der Waals surface area (Å²) in [5.41, 5.74) is 10.2. The minimum absolute atomic E-state index is 0.662. The normalized spacial score (nSPS) is 10.3. The molecular weight excluding hydrogens is 236 g/mol. The zero-order chi connectivity index (χ0) is 13.8. The first kappa shape index (κ1) is 13.3. The SMILES string of the molecule is COc1cc(N(C)Cc2cccc(C)c2)ccc1N. The van der Waals surface area contributed by atoms with Crippen molar-refractivity contribution in [1.82, 2.24) is 0 Å². The molecule has 0 aliphatic heterocycles. The fourth-order valence-electron chi connectivity index (χ4n) is 2.11. The maximum atomic E-state index is 5.83. The molecule has 0 saturated heterocycles. The molecule has 2 N–H and O–H groups in total. The molecule has 0 aliphatic carbocycles. The van der Waals surface area contributed by atoms with E-state index < -0.39 is 0 Å². The molecule has 0 aromatic heterocycles. The fourth-order valence-corrected chi connectivity index (χ4v) is 2.11. The smallest absolute Gasteiger partial charge is 0.143 e. The van der Waals surface area contributed by atoms with Crippen LogP contribution < -0.4 is 15.4 Å². The second-order valence-electron chi connectivity index (χ2n) is 4.77. The Bertz CT molecular complexity index is 566. The first-order chi connectivity index (χ1) is 9.10. The van der Waals surface area contributed by atoms with E-state index in [1.165, 1.54) is 11.1 Å². The van der Waals surface area contributed by atoms with Gasteiger partial charge in [0.25, 0.3) is 0 Å². The van der Waals surface area contributed by atoms with Gasteiger partial charge in [0, 0.05) is 25.3 Å². The van der Waals surface area contributed by atoms with E-state index in [1.807, 2.05) is 18.2 Å². The summed E-state index contributed by atoms with van der Waals surface area (Å²) in [5.74, 6) is 0.716. The van der Waals surface area contributed by atoms with Crippen LogP contribution in [0.4, 0.5) is 11.4 Å². The molecule has 0 atom stereocenters. The van der Waals surface area contributed by atoms with Crippen molar-refractivity contribution < 1.29 is 4.74 Å². The Labute approximate surface area is 114 Å². The van der Waals surface area contributed by atoms with Gasteiger partial charge in [-0.2, -0.15) is 0 Å². The van der Waals surface area contributed by atoms with Crippen LogP contribution in [0, 0.1) is 6.92 Å². The lowest BCUT2D eigenvalue weighted by Crippen LogP contribution is -2.16. The van der Waals surface area contributed by atoms with E-state index in [1.54, 1.807) is 7.11 Å². The molecule has 0 amide bonds. The summed E-state index contributed by atoms with van der Waals surface area (Å²) >= 11 is 0. The highest BCUT2D eigenvalue weighted by Crippen LogP contribution is 2.27. The quantitative estimate of drug-likeness (QED) is 0.854. The minimum atomic E-state index is 0.662. The Balaban J connectivity index is 2.18. The van der Waals surface area contributed by atoms with Crippen molar-refractivity contribution >= 4 is 11.4 Å². The zero-order valence-electron chi connectivity index (χ0n) is 11.7. The third-order valence-corrected chi connectivity index (χ3v) is 3.16. The lowest BCUT2D eigenvalue weighted by molar-refractivity contribution is 0.417. The molecular formula is C16H20N2O. The van der Waals surface area contributed by atoms with Gasteiger partial charge in [0.05, 0.1) is 12.8 Å². The molecule has 0 saturated carbocycles. The molecule has 2 aromatic carbocycles. The molecule has 0 fully saturated rings. The highest BCUT2D eigenvalue weighted by Gasteiger charge is 2.06. The summed E-state index contributed by atoms with van der Waals surface area (Å²) in [6.07, 6.45) is 0. The summed E-state index contributed by atoms with van der Waals surface area (Å²) < 4.78 is 5.25. The lowest BCUT2D eigenvalue weighted by Gasteiger charge is -2.20. The van der Waals surface area contributed by atoms with Crippen LogP contribution in [0.2, 0.25) is 0 Å². The molecule has 0 bridgehead atoms. The van der Waals surface area contributed by atoms with Gasteiger partial charge in [-0.3, -0.25) is 0 Å². The molecule has 0 spiro atoms. The van der Waals surface area contributed by atoms with Crippen LogP contribution in [-0.4, -0.2) is 14.2 Å². The summed E-state index contributed by atoms with van der Waals surface area (Å²) in [4.78, 5) is 2.18.